The van der Waals surface area contributed by atoms with Crippen LogP contribution in [0, 0.1) is 10.1 Å². The fourth-order valence-electron chi connectivity index (χ4n) is 5.17. The highest BCUT2D eigenvalue weighted by atomic mass is 32.2. The van der Waals surface area contributed by atoms with Crippen LogP contribution in [0.3, 0.4) is 0 Å². The number of anilines is 1. The van der Waals surface area contributed by atoms with E-state index in [0.29, 0.717) is 42.7 Å². The van der Waals surface area contributed by atoms with Gasteiger partial charge in [0.2, 0.25) is 0 Å². The number of unbranched alkanes of at least 4 members (excludes halogenated alkanes) is 1. The molecule has 0 atom stereocenters. The lowest BCUT2D eigenvalue weighted by molar-refractivity contribution is -0.385. The number of fused-ring (bicyclic) bond motifs is 1. The highest BCUT2D eigenvalue weighted by Crippen LogP contribution is 2.50. The number of phenolic OH excluding ortho intramolecular Hbond substituents is 2. The standard InChI is InChI=1S/C32H28N8O17S4/c1-2-3-10-57-19-6-9-21(20(33)15-19)35-34-17-4-7-22(24(13-17)58(45,46)47)36-38-29-26(60(51,52)53)11-16-12-27(61(54,55)56)30(32(42)28(16)31(29)41)39-37-23-8-5-18(40(43)44)14-25(23)59(48,49)50/h4-9,11-15,41-42H,2-3,10,33H2,1H3,(H,45,46,47)(H,48,49,50)(H,51,52,53)(H,54,55,56). The Balaban J connectivity index is 1.65. The molecular formula is C32H28N8O17S4. The van der Waals surface area contributed by atoms with E-state index in [1.807, 2.05) is 6.92 Å². The van der Waals surface area contributed by atoms with Crippen molar-refractivity contribution in [1.82, 2.24) is 0 Å². The molecule has 29 heteroatoms. The predicted octanol–water partition coefficient (Wildman–Crippen LogP) is 7.15. The SMILES string of the molecule is CCCCOc1ccc(N=Nc2ccc(N=Nc3c(S(=O)(=O)O)cc4cc(S(=O)(=O)O)c(N=Nc5ccc([N+](=O)[O-])cc5S(=O)(=O)O)c(O)c4c3O)c(S(=O)(=O)O)c2)c(N)c1. The summed E-state index contributed by atoms with van der Waals surface area (Å²) in [7, 11) is -21.4. The van der Waals surface area contributed by atoms with Gasteiger partial charge in [0.05, 0.1) is 28.3 Å². The van der Waals surface area contributed by atoms with Crippen molar-refractivity contribution < 1.29 is 71.8 Å². The molecule has 0 fully saturated rings. The third kappa shape index (κ3) is 10.4. The van der Waals surface area contributed by atoms with E-state index < -0.39 is 116 Å². The van der Waals surface area contributed by atoms with Crippen LogP contribution in [0.15, 0.2) is 117 Å². The Bertz CT molecular complexity index is 3180. The van der Waals surface area contributed by atoms with Crippen molar-refractivity contribution in [2.45, 2.75) is 39.3 Å². The van der Waals surface area contributed by atoms with Crippen LogP contribution in [0.2, 0.25) is 0 Å². The average Bonchev–Trinajstić information content (AvgIpc) is 3.15. The number of non-ortho nitro benzene ring substituents is 1. The van der Waals surface area contributed by atoms with Crippen LogP contribution in [-0.4, -0.2) is 73.6 Å². The summed E-state index contributed by atoms with van der Waals surface area (Å²) in [5, 5.41) is 53.8. The molecule has 5 rings (SSSR count). The van der Waals surface area contributed by atoms with Crippen LogP contribution < -0.4 is 10.5 Å². The largest absolute Gasteiger partial charge is 0.505 e. The normalized spacial score (nSPS) is 12.9. The van der Waals surface area contributed by atoms with Crippen LogP contribution in [0.4, 0.5) is 45.5 Å². The number of azo groups is 3. The molecule has 61 heavy (non-hydrogen) atoms. The molecule has 0 unspecified atom stereocenters. The number of ether oxygens (including phenoxy) is 1. The second kappa shape index (κ2) is 17.2. The second-order valence-corrected chi connectivity index (χ2v) is 17.8. The number of rotatable bonds is 15. The van der Waals surface area contributed by atoms with E-state index in [2.05, 4.69) is 30.7 Å². The third-order valence-electron chi connectivity index (χ3n) is 8.01. The maximum Gasteiger partial charge on any atom is 0.297 e. The zero-order valence-electron chi connectivity index (χ0n) is 30.5. The van der Waals surface area contributed by atoms with Gasteiger partial charge in [-0.15, -0.1) is 25.6 Å². The maximum atomic E-state index is 12.5. The van der Waals surface area contributed by atoms with Crippen molar-refractivity contribution in [2.24, 2.45) is 30.7 Å². The monoisotopic (exact) mass is 924 g/mol. The summed E-state index contributed by atoms with van der Waals surface area (Å²) < 4.78 is 144. The van der Waals surface area contributed by atoms with Gasteiger partial charge in [-0.25, -0.2) is 0 Å². The summed E-state index contributed by atoms with van der Waals surface area (Å²) in [6.07, 6.45) is 1.70. The van der Waals surface area contributed by atoms with Crippen LogP contribution in [0.5, 0.6) is 17.2 Å². The van der Waals surface area contributed by atoms with Crippen LogP contribution in [-0.2, 0) is 40.5 Å². The predicted molar refractivity (Wildman–Crippen MR) is 210 cm³/mol. The zero-order chi connectivity index (χ0) is 45.2. The number of hydrogen-bond acceptors (Lipinski definition) is 20. The first-order valence-electron chi connectivity index (χ1n) is 16.5. The molecule has 0 radical (unpaired) electrons. The smallest absolute Gasteiger partial charge is 0.297 e. The molecule has 322 valence electrons. The van der Waals surface area contributed by atoms with Gasteiger partial charge >= 0.3 is 0 Å². The number of nitro benzene ring substituents is 1. The Morgan fingerprint density at radius 2 is 1.10 bits per heavy atom. The van der Waals surface area contributed by atoms with Gasteiger partial charge in [0, 0.05) is 18.2 Å². The number of benzene rings is 5. The van der Waals surface area contributed by atoms with E-state index in [4.69, 9.17) is 10.5 Å². The first-order chi connectivity index (χ1) is 28.3. The number of nitrogen functional groups attached to an aromatic ring is 1. The molecule has 0 amide bonds. The molecular weight excluding hydrogens is 897 g/mol. The van der Waals surface area contributed by atoms with Gasteiger partial charge in [0.1, 0.15) is 53.8 Å². The van der Waals surface area contributed by atoms with Gasteiger partial charge in [-0.1, -0.05) is 13.3 Å². The summed E-state index contributed by atoms with van der Waals surface area (Å²) in [4.78, 5) is 5.22. The van der Waals surface area contributed by atoms with Gasteiger partial charge in [0.15, 0.2) is 11.5 Å². The van der Waals surface area contributed by atoms with E-state index in [9.17, 15) is 72.2 Å². The zero-order valence-corrected chi connectivity index (χ0v) is 33.8. The summed E-state index contributed by atoms with van der Waals surface area (Å²) in [5.74, 6) is -2.40. The van der Waals surface area contributed by atoms with Gasteiger partial charge in [-0.05, 0) is 60.3 Å². The topological polar surface area (TPSA) is 410 Å². The fraction of sp³-hybridized carbons (Fsp3) is 0.125. The number of aromatic hydroxyl groups is 2. The molecule has 0 aliphatic carbocycles. The molecule has 8 N–H and O–H groups in total. The Labute approximate surface area is 343 Å². The van der Waals surface area contributed by atoms with Gasteiger partial charge < -0.3 is 20.7 Å². The van der Waals surface area contributed by atoms with E-state index in [1.54, 1.807) is 6.07 Å². The van der Waals surface area contributed by atoms with E-state index in [-0.39, 0.29) is 17.1 Å². The lowest BCUT2D eigenvalue weighted by Crippen LogP contribution is -2.02. The maximum absolute atomic E-state index is 12.5. The van der Waals surface area contributed by atoms with Crippen molar-refractivity contribution in [3.8, 4) is 17.2 Å². The molecule has 5 aromatic carbocycles. The van der Waals surface area contributed by atoms with Gasteiger partial charge in [0.25, 0.3) is 46.2 Å². The Kier molecular flexibility index (Phi) is 12.8. The Hall–Kier alpha value is -6.60. The van der Waals surface area contributed by atoms with Crippen LogP contribution in [0.25, 0.3) is 10.8 Å². The molecule has 0 bridgehead atoms. The number of nitro groups is 1. The number of nitrogens with two attached hydrogens (primary N) is 1. The summed E-state index contributed by atoms with van der Waals surface area (Å²) in [6, 6.07) is 9.90. The summed E-state index contributed by atoms with van der Waals surface area (Å²) in [6.45, 7) is 2.43. The average molecular weight is 925 g/mol. The minimum Gasteiger partial charge on any atom is -0.505 e. The number of phenols is 2. The van der Waals surface area contributed by atoms with Crippen molar-refractivity contribution in [3.05, 3.63) is 76.8 Å². The Morgan fingerprint density at radius 3 is 1.57 bits per heavy atom. The molecule has 25 nitrogen and oxygen atoms in total. The lowest BCUT2D eigenvalue weighted by atomic mass is 10.1. The van der Waals surface area contributed by atoms with Gasteiger partial charge in [-0.3, -0.25) is 28.3 Å². The van der Waals surface area contributed by atoms with E-state index in [1.165, 1.54) is 12.1 Å². The molecule has 5 aromatic rings. The highest BCUT2D eigenvalue weighted by molar-refractivity contribution is 7.86. The second-order valence-electron chi connectivity index (χ2n) is 12.2. The third-order valence-corrected chi connectivity index (χ3v) is 11.5. The Morgan fingerprint density at radius 1 is 0.623 bits per heavy atom. The van der Waals surface area contributed by atoms with Crippen molar-refractivity contribution >= 4 is 96.7 Å². The minimum atomic E-state index is -5.49. The first-order valence-corrected chi connectivity index (χ1v) is 22.2. The van der Waals surface area contributed by atoms with Crippen molar-refractivity contribution in [2.75, 3.05) is 12.3 Å². The van der Waals surface area contributed by atoms with Gasteiger partial charge in [-0.2, -0.15) is 38.8 Å². The molecule has 0 aliphatic heterocycles. The quantitative estimate of drug-likeness (QED) is 0.0137. The van der Waals surface area contributed by atoms with Crippen molar-refractivity contribution in [1.29, 1.82) is 0 Å². The minimum absolute atomic E-state index is 0.147. The highest BCUT2D eigenvalue weighted by Gasteiger charge is 2.30. The van der Waals surface area contributed by atoms with Crippen LogP contribution in [0.1, 0.15) is 19.8 Å². The van der Waals surface area contributed by atoms with E-state index in [0.717, 1.165) is 31.0 Å². The number of nitrogens with zero attached hydrogens (tertiary/aromatic N) is 7. The van der Waals surface area contributed by atoms with Crippen molar-refractivity contribution in [3.63, 3.8) is 0 Å². The fourth-order valence-corrected chi connectivity index (χ4v) is 7.78. The molecule has 0 spiro atoms. The first kappa shape index (κ1) is 45.5. The molecule has 0 aliphatic rings. The molecule has 0 saturated heterocycles. The molecule has 0 saturated carbocycles. The van der Waals surface area contributed by atoms with Crippen LogP contribution >= 0.6 is 0 Å². The summed E-state index contributed by atoms with van der Waals surface area (Å²) in [5.41, 5.74) is 1.17. The lowest BCUT2D eigenvalue weighted by Gasteiger charge is -2.13. The number of hydrogen-bond donors (Lipinski definition) is 7. The molecule has 0 aromatic heterocycles. The summed E-state index contributed by atoms with van der Waals surface area (Å²) >= 11 is 0. The molecule has 0 heterocycles. The van der Waals surface area contributed by atoms with E-state index >= 15 is 0 Å².